The van der Waals surface area contributed by atoms with Crippen molar-refractivity contribution in [2.24, 2.45) is 0 Å². The Bertz CT molecular complexity index is 603. The standard InChI is InChI=1S/C10H14FN2O8P.2Na/c11-5(22(18,19)20)3-4-7(15)8(16)9(21-4)13-2-1-6(14)12-10(13)17;;/h1-2,4-5,7-9,15-16H,3H2,(H,12,14,17)(H2,18,19,20);;/q;2*+1/p-2/t4-,5?,7-,8-,9-;;/m1../s1. The number of halogens is 1. The molecule has 1 saturated heterocycles. The monoisotopic (exact) mass is 384 g/mol. The van der Waals surface area contributed by atoms with Crippen molar-refractivity contribution in [3.8, 4) is 5.88 Å². The first-order valence-electron chi connectivity index (χ1n) is 6.06. The number of hydrogen-bond donors (Lipinski definition) is 3. The number of aliphatic hydroxyl groups excluding tert-OH is 2. The third-order valence-electron chi connectivity index (χ3n) is 3.20. The summed E-state index contributed by atoms with van der Waals surface area (Å²) >= 11 is 0. The van der Waals surface area contributed by atoms with Gasteiger partial charge in [0.05, 0.1) is 14.0 Å². The van der Waals surface area contributed by atoms with Crippen LogP contribution < -0.4 is 79.7 Å². The summed E-state index contributed by atoms with van der Waals surface area (Å²) in [5.41, 5.74) is -1.06. The third-order valence-corrected chi connectivity index (χ3v) is 4.12. The van der Waals surface area contributed by atoms with Gasteiger partial charge in [-0.15, -0.1) is 0 Å². The summed E-state index contributed by atoms with van der Waals surface area (Å²) in [4.78, 5) is 44.5. The molecule has 0 amide bonds. The van der Waals surface area contributed by atoms with Gasteiger partial charge < -0.3 is 29.8 Å². The number of rotatable bonds is 4. The summed E-state index contributed by atoms with van der Waals surface area (Å²) in [5.74, 6) is -3.51. The van der Waals surface area contributed by atoms with Gasteiger partial charge in [-0.2, -0.15) is 0 Å². The van der Waals surface area contributed by atoms with Gasteiger partial charge in [0, 0.05) is 12.6 Å². The van der Waals surface area contributed by atoms with Gasteiger partial charge in [0.15, 0.2) is 6.23 Å². The zero-order valence-electron chi connectivity index (χ0n) is 12.9. The van der Waals surface area contributed by atoms with E-state index in [9.17, 15) is 34.3 Å². The Morgan fingerprint density at radius 1 is 1.38 bits per heavy atom. The first kappa shape index (κ1) is 24.8. The van der Waals surface area contributed by atoms with Crippen LogP contribution in [-0.2, 0) is 4.74 Å². The van der Waals surface area contributed by atoms with E-state index in [2.05, 4.69) is 4.98 Å². The van der Waals surface area contributed by atoms with E-state index in [0.29, 0.717) is 4.57 Å². The normalized spacial score (nSPS) is 27.9. The Morgan fingerprint density at radius 2 is 1.96 bits per heavy atom. The van der Waals surface area contributed by atoms with Crippen molar-refractivity contribution in [3.63, 3.8) is 0 Å². The van der Waals surface area contributed by atoms with Gasteiger partial charge in [0.2, 0.25) is 5.91 Å². The van der Waals surface area contributed by atoms with Gasteiger partial charge in [-0.05, 0) is 11.9 Å². The number of nitrogens with zero attached hydrogens (tertiary/aromatic N) is 2. The molecule has 1 fully saturated rings. The molecule has 1 aromatic rings. The van der Waals surface area contributed by atoms with E-state index in [0.717, 1.165) is 12.3 Å². The van der Waals surface area contributed by atoms with Crippen LogP contribution in [0.25, 0.3) is 0 Å². The van der Waals surface area contributed by atoms with Gasteiger partial charge in [0.1, 0.15) is 12.2 Å². The van der Waals surface area contributed by atoms with Crippen LogP contribution in [0.3, 0.4) is 0 Å². The maximum Gasteiger partial charge on any atom is 1.00 e. The van der Waals surface area contributed by atoms with E-state index in [1.807, 2.05) is 0 Å². The molecule has 124 valence electrons. The molecule has 14 heteroatoms. The van der Waals surface area contributed by atoms with Gasteiger partial charge in [-0.1, -0.05) is 0 Å². The molecule has 1 aliphatic heterocycles. The van der Waals surface area contributed by atoms with E-state index >= 15 is 0 Å². The molecule has 0 bridgehead atoms. The van der Waals surface area contributed by atoms with Crippen molar-refractivity contribution in [1.29, 1.82) is 0 Å². The van der Waals surface area contributed by atoms with Crippen molar-refractivity contribution in [2.45, 2.75) is 36.9 Å². The Labute approximate surface area is 180 Å². The van der Waals surface area contributed by atoms with Crippen LogP contribution in [0.2, 0.25) is 0 Å². The number of aromatic nitrogens is 2. The Kier molecular flexibility index (Phi) is 9.98. The number of ether oxygens (including phenoxy) is 1. The van der Waals surface area contributed by atoms with E-state index in [4.69, 9.17) is 9.63 Å². The molecule has 1 aliphatic rings. The average Bonchev–Trinajstić information content (AvgIpc) is 2.66. The van der Waals surface area contributed by atoms with Crippen LogP contribution >= 0.6 is 7.94 Å². The first-order chi connectivity index (χ1) is 10.1. The summed E-state index contributed by atoms with van der Waals surface area (Å²) in [6, 6.07) is 0.911. The molecular weight excluding hydrogens is 372 g/mol. The molecule has 0 spiro atoms. The predicted octanol–water partition coefficient (Wildman–Crippen LogP) is -9.89. The summed E-state index contributed by atoms with van der Waals surface area (Å²) < 4.78 is 19.1. The molecule has 1 aromatic heterocycles. The molecule has 2 rings (SSSR count). The minimum absolute atomic E-state index is 0. The Hall–Kier alpha value is 0.800. The smallest absolute Gasteiger partial charge is 0.858 e. The Morgan fingerprint density at radius 3 is 2.46 bits per heavy atom. The molecule has 1 unspecified atom stereocenters. The van der Waals surface area contributed by atoms with E-state index in [-0.39, 0.29) is 59.1 Å². The fraction of sp³-hybridized carbons (Fsp3) is 0.600. The van der Waals surface area contributed by atoms with Crippen LogP contribution in [-0.4, -0.2) is 48.9 Å². The number of aliphatic hydroxyl groups is 2. The van der Waals surface area contributed by atoms with Gasteiger partial charge in [-0.25, -0.2) is 14.2 Å². The third kappa shape index (κ3) is 5.65. The fourth-order valence-electron chi connectivity index (χ4n) is 2.07. The number of hydrogen-bond acceptors (Lipinski definition) is 9. The molecule has 5 atom stereocenters. The maximum atomic E-state index is 13.3. The quantitative estimate of drug-likeness (QED) is 0.336. The SMILES string of the molecule is O=c1nc([O-])ccn1[C@@H]1O[C@H](CC(F)[P+]([O-])([O-])O)[C@@H](O)[C@H]1O.[Na+].[Na+]. The molecule has 0 radical (unpaired) electrons. The zero-order chi connectivity index (χ0) is 16.7. The van der Waals surface area contributed by atoms with Crippen LogP contribution in [0, 0.1) is 0 Å². The second-order valence-corrected chi connectivity index (χ2v) is 6.42. The molecule has 0 aromatic carbocycles. The second kappa shape index (κ2) is 9.65. The molecule has 3 N–H and O–H groups in total. The van der Waals surface area contributed by atoms with Crippen molar-refractivity contribution in [2.75, 3.05) is 0 Å². The van der Waals surface area contributed by atoms with Gasteiger partial charge >= 0.3 is 64.8 Å². The van der Waals surface area contributed by atoms with E-state index < -0.39 is 56.4 Å². The van der Waals surface area contributed by atoms with E-state index in [1.54, 1.807) is 0 Å². The van der Waals surface area contributed by atoms with E-state index in [1.165, 1.54) is 0 Å². The predicted molar refractivity (Wildman–Crippen MR) is 62.5 cm³/mol. The average molecular weight is 384 g/mol. The van der Waals surface area contributed by atoms with Crippen molar-refractivity contribution in [3.05, 3.63) is 22.7 Å². The molecule has 24 heavy (non-hydrogen) atoms. The largest absolute Gasteiger partial charge is 1.00 e. The summed E-state index contributed by atoms with van der Waals surface area (Å²) in [6.07, 6.45) is -6.31. The first-order valence-corrected chi connectivity index (χ1v) is 7.71. The summed E-state index contributed by atoms with van der Waals surface area (Å²) in [6.45, 7) is 0. The maximum absolute atomic E-state index is 13.3. The van der Waals surface area contributed by atoms with Crippen molar-refractivity contribution >= 4 is 7.94 Å². The summed E-state index contributed by atoms with van der Waals surface area (Å²) in [5, 5.41) is 30.5. The number of alkyl halides is 1. The van der Waals surface area contributed by atoms with Crippen LogP contribution in [0.4, 0.5) is 4.39 Å². The fourth-order valence-corrected chi connectivity index (χ4v) is 2.54. The molecule has 2 heterocycles. The minimum atomic E-state index is -5.27. The van der Waals surface area contributed by atoms with Crippen LogP contribution in [0.1, 0.15) is 12.6 Å². The van der Waals surface area contributed by atoms with Crippen molar-refractivity contribution < 1.29 is 98.2 Å². The van der Waals surface area contributed by atoms with Crippen LogP contribution in [0.15, 0.2) is 17.1 Å². The molecule has 0 aliphatic carbocycles. The topological polar surface area (TPSA) is 174 Å². The zero-order valence-corrected chi connectivity index (χ0v) is 17.7. The second-order valence-electron chi connectivity index (χ2n) is 4.74. The van der Waals surface area contributed by atoms with Crippen LogP contribution in [0.5, 0.6) is 5.88 Å². The summed E-state index contributed by atoms with van der Waals surface area (Å²) in [7, 11) is -5.27. The van der Waals surface area contributed by atoms with Gasteiger partial charge in [0.25, 0.3) is 0 Å². The molecular formula is C10H12FN2Na2O8P. The minimum Gasteiger partial charge on any atom is -0.858 e. The molecule has 0 saturated carbocycles. The Balaban J connectivity index is 0.00000264. The van der Waals surface area contributed by atoms with Gasteiger partial charge in [-0.3, -0.25) is 9.46 Å². The molecule has 10 nitrogen and oxygen atoms in total. The van der Waals surface area contributed by atoms with Crippen molar-refractivity contribution in [1.82, 2.24) is 9.55 Å².